The lowest BCUT2D eigenvalue weighted by atomic mass is 9.73. The molecule has 0 N–H and O–H groups in total. The lowest BCUT2D eigenvalue weighted by molar-refractivity contribution is 0.0424. The highest BCUT2D eigenvalue weighted by atomic mass is 28.4. The molecule has 2 aromatic carbocycles. The first kappa shape index (κ1) is 25.0. The SMILES string of the molecule is CCC1(C)CCCCC(C)(CC)c2ccc(cc2)C(C)(C)c2ccc(cc2)O[Si](C)(C)O1. The van der Waals surface area contributed by atoms with Crippen LogP contribution < -0.4 is 4.43 Å². The highest BCUT2D eigenvalue weighted by Crippen LogP contribution is 2.38. The van der Waals surface area contributed by atoms with E-state index in [1.54, 1.807) is 0 Å². The van der Waals surface area contributed by atoms with E-state index >= 15 is 0 Å². The Labute approximate surface area is 198 Å². The maximum absolute atomic E-state index is 6.73. The number of rotatable bonds is 2. The van der Waals surface area contributed by atoms with Crippen molar-refractivity contribution in [2.24, 2.45) is 0 Å². The molecule has 2 aromatic rings. The predicted molar refractivity (Wildman–Crippen MR) is 139 cm³/mol. The highest BCUT2D eigenvalue weighted by Gasteiger charge is 2.37. The molecule has 176 valence electrons. The van der Waals surface area contributed by atoms with E-state index in [1.165, 1.54) is 36.0 Å². The van der Waals surface area contributed by atoms with Crippen LogP contribution in [-0.4, -0.2) is 14.2 Å². The van der Waals surface area contributed by atoms with Crippen molar-refractivity contribution in [1.82, 2.24) is 0 Å². The largest absolute Gasteiger partial charge is 0.520 e. The minimum absolute atomic E-state index is 0.0602. The zero-order valence-electron chi connectivity index (χ0n) is 21.7. The van der Waals surface area contributed by atoms with Gasteiger partial charge in [0.15, 0.2) is 0 Å². The number of hydrogen-bond acceptors (Lipinski definition) is 2. The monoisotopic (exact) mass is 452 g/mol. The van der Waals surface area contributed by atoms with Crippen molar-refractivity contribution < 1.29 is 8.85 Å². The van der Waals surface area contributed by atoms with Crippen LogP contribution in [0, 0.1) is 0 Å². The first-order chi connectivity index (χ1) is 14.9. The van der Waals surface area contributed by atoms with Gasteiger partial charge in [0, 0.05) is 5.41 Å². The van der Waals surface area contributed by atoms with Crippen LogP contribution in [0.4, 0.5) is 0 Å². The molecule has 2 atom stereocenters. The second-order valence-corrected chi connectivity index (χ2v) is 14.5. The van der Waals surface area contributed by atoms with Crippen LogP contribution in [0.5, 0.6) is 5.75 Å². The maximum Gasteiger partial charge on any atom is 0.392 e. The van der Waals surface area contributed by atoms with Crippen molar-refractivity contribution >= 4 is 8.56 Å². The van der Waals surface area contributed by atoms with Crippen molar-refractivity contribution in [3.63, 3.8) is 0 Å². The van der Waals surface area contributed by atoms with Crippen LogP contribution >= 0.6 is 0 Å². The third-order valence-electron chi connectivity index (χ3n) is 7.95. The van der Waals surface area contributed by atoms with Gasteiger partial charge >= 0.3 is 8.56 Å². The van der Waals surface area contributed by atoms with Crippen LogP contribution in [0.1, 0.15) is 96.8 Å². The lowest BCUT2D eigenvalue weighted by Crippen LogP contribution is -2.47. The Bertz CT molecular complexity index is 884. The second kappa shape index (κ2) is 9.35. The summed E-state index contributed by atoms with van der Waals surface area (Å²) in [6, 6.07) is 18.1. The van der Waals surface area contributed by atoms with Gasteiger partial charge < -0.3 is 8.85 Å². The number of hydrogen-bond donors (Lipinski definition) is 0. The Hall–Kier alpha value is -1.58. The van der Waals surface area contributed by atoms with E-state index in [1.807, 2.05) is 0 Å². The summed E-state index contributed by atoms with van der Waals surface area (Å²) in [6.45, 7) is 18.2. The van der Waals surface area contributed by atoms with Crippen molar-refractivity contribution in [3.05, 3.63) is 65.2 Å². The van der Waals surface area contributed by atoms with Gasteiger partial charge in [-0.1, -0.05) is 83.9 Å². The fraction of sp³-hybridized carbons (Fsp3) is 0.586. The Morgan fingerprint density at radius 1 is 0.719 bits per heavy atom. The van der Waals surface area contributed by atoms with Crippen LogP contribution in [0.15, 0.2) is 48.5 Å². The van der Waals surface area contributed by atoms with E-state index in [4.69, 9.17) is 8.85 Å². The smallest absolute Gasteiger partial charge is 0.392 e. The fourth-order valence-electron chi connectivity index (χ4n) is 5.13. The Kier molecular flexibility index (Phi) is 7.31. The van der Waals surface area contributed by atoms with E-state index in [0.29, 0.717) is 0 Å². The van der Waals surface area contributed by atoms with Crippen LogP contribution in [0.2, 0.25) is 13.1 Å². The molecule has 3 heteroatoms. The Morgan fingerprint density at radius 3 is 1.75 bits per heavy atom. The fourth-order valence-corrected chi connectivity index (χ4v) is 7.31. The zero-order valence-corrected chi connectivity index (χ0v) is 22.7. The van der Waals surface area contributed by atoms with Gasteiger partial charge in [-0.05, 0) is 79.9 Å². The van der Waals surface area contributed by atoms with Crippen LogP contribution in [-0.2, 0) is 15.3 Å². The van der Waals surface area contributed by atoms with E-state index in [9.17, 15) is 0 Å². The molecular formula is C29H44O2Si. The topological polar surface area (TPSA) is 18.5 Å². The average molecular weight is 453 g/mol. The summed E-state index contributed by atoms with van der Waals surface area (Å²) in [7, 11) is -2.32. The van der Waals surface area contributed by atoms with Gasteiger partial charge in [-0.3, -0.25) is 0 Å². The Morgan fingerprint density at radius 2 is 1.22 bits per heavy atom. The average Bonchev–Trinajstić information content (AvgIpc) is 2.76. The second-order valence-electron chi connectivity index (χ2n) is 11.3. The molecule has 2 nitrogen and oxygen atoms in total. The summed E-state index contributed by atoms with van der Waals surface area (Å²) < 4.78 is 13.2. The highest BCUT2D eigenvalue weighted by molar-refractivity contribution is 6.65. The van der Waals surface area contributed by atoms with Crippen LogP contribution in [0.3, 0.4) is 0 Å². The Balaban J connectivity index is 2.01. The molecule has 3 aliphatic heterocycles. The van der Waals surface area contributed by atoms with Crippen molar-refractivity contribution in [3.8, 4) is 5.75 Å². The molecule has 0 fully saturated rings. The molecule has 0 aromatic heterocycles. The predicted octanol–water partition coefficient (Wildman–Crippen LogP) is 8.52. The van der Waals surface area contributed by atoms with Crippen LogP contribution in [0.25, 0.3) is 0 Å². The van der Waals surface area contributed by atoms with Crippen molar-refractivity contribution in [2.75, 3.05) is 0 Å². The number of fused-ring (bicyclic) bond motifs is 2. The molecule has 4 bridgehead atoms. The molecule has 0 saturated carbocycles. The molecule has 3 heterocycles. The summed E-state index contributed by atoms with van der Waals surface area (Å²) in [6.07, 6.45) is 6.86. The van der Waals surface area contributed by atoms with Gasteiger partial charge in [0.05, 0.1) is 5.60 Å². The van der Waals surface area contributed by atoms with Gasteiger partial charge in [0.1, 0.15) is 5.75 Å². The number of benzene rings is 2. The molecule has 0 aliphatic carbocycles. The van der Waals surface area contributed by atoms with Gasteiger partial charge in [-0.15, -0.1) is 0 Å². The summed E-state index contributed by atoms with van der Waals surface area (Å²) in [5.74, 6) is 0.912. The molecule has 0 radical (unpaired) electrons. The van der Waals surface area contributed by atoms with Crippen molar-refractivity contribution in [2.45, 2.75) is 110 Å². The molecule has 3 aliphatic rings. The first-order valence-electron chi connectivity index (χ1n) is 12.5. The van der Waals surface area contributed by atoms with E-state index in [0.717, 1.165) is 25.0 Å². The minimum Gasteiger partial charge on any atom is -0.520 e. The van der Waals surface area contributed by atoms with E-state index in [2.05, 4.69) is 103 Å². The summed E-state index contributed by atoms with van der Waals surface area (Å²) >= 11 is 0. The van der Waals surface area contributed by atoms with E-state index in [-0.39, 0.29) is 16.4 Å². The third-order valence-corrected chi connectivity index (χ3v) is 9.66. The molecule has 2 unspecified atom stereocenters. The minimum atomic E-state index is -2.32. The molecule has 0 spiro atoms. The van der Waals surface area contributed by atoms with E-state index < -0.39 is 8.56 Å². The normalized spacial score (nSPS) is 28.0. The molecule has 0 saturated heterocycles. The lowest BCUT2D eigenvalue weighted by Gasteiger charge is -2.37. The molecule has 5 rings (SSSR count). The first-order valence-corrected chi connectivity index (χ1v) is 15.4. The van der Waals surface area contributed by atoms with Gasteiger partial charge in [0.2, 0.25) is 0 Å². The third kappa shape index (κ3) is 5.48. The quantitative estimate of drug-likeness (QED) is 0.425. The van der Waals surface area contributed by atoms with Crippen molar-refractivity contribution in [1.29, 1.82) is 0 Å². The zero-order chi connectivity index (χ0) is 23.6. The summed E-state index contributed by atoms with van der Waals surface area (Å²) in [5.41, 5.74) is 4.15. The standard InChI is InChI=1S/C29H44O2Si/c1-9-28(5)21-11-12-22-29(6,10-2)31-32(7,8)30-26-19-17-24(18-20-26)27(3,4)23-13-15-25(28)16-14-23/h13-20H,9-12,21-22H2,1-8H3. The van der Waals surface area contributed by atoms with Gasteiger partial charge in [-0.2, -0.15) is 0 Å². The van der Waals surface area contributed by atoms with Gasteiger partial charge in [0.25, 0.3) is 0 Å². The summed E-state index contributed by atoms with van der Waals surface area (Å²) in [4.78, 5) is 0. The van der Waals surface area contributed by atoms with Gasteiger partial charge in [-0.25, -0.2) is 0 Å². The molecule has 0 amide bonds. The summed E-state index contributed by atoms with van der Waals surface area (Å²) in [5, 5.41) is 0. The molecular weight excluding hydrogens is 408 g/mol. The maximum atomic E-state index is 6.73. The molecule has 32 heavy (non-hydrogen) atoms.